The summed E-state index contributed by atoms with van der Waals surface area (Å²) in [5, 5.41) is 1.11. The van der Waals surface area contributed by atoms with Gasteiger partial charge in [0, 0.05) is 48.2 Å². The predicted octanol–water partition coefficient (Wildman–Crippen LogP) is 6.35. The molecule has 1 fully saturated rings. The number of benzene rings is 3. The first-order valence-corrected chi connectivity index (χ1v) is 11.5. The Labute approximate surface area is 201 Å². The van der Waals surface area contributed by atoms with Gasteiger partial charge >= 0.3 is 6.18 Å². The smallest absolute Gasteiger partial charge is 0.416 e. The number of para-hydroxylation sites is 1. The van der Waals surface area contributed by atoms with Gasteiger partial charge in [-0.1, -0.05) is 36.4 Å². The van der Waals surface area contributed by atoms with E-state index in [4.69, 9.17) is 4.74 Å². The molecular weight excluding hydrogens is 453 g/mol. The average molecular weight is 479 g/mol. The van der Waals surface area contributed by atoms with E-state index in [-0.39, 0.29) is 11.8 Å². The summed E-state index contributed by atoms with van der Waals surface area (Å²) >= 11 is 0. The van der Waals surface area contributed by atoms with Gasteiger partial charge in [-0.05, 0) is 53.9 Å². The van der Waals surface area contributed by atoms with E-state index in [1.54, 1.807) is 19.2 Å². The molecule has 0 radical (unpaired) electrons. The molecule has 5 rings (SSSR count). The molecule has 4 nitrogen and oxygen atoms in total. The highest BCUT2D eigenvalue weighted by molar-refractivity contribution is 5.95. The molecule has 7 heteroatoms. The zero-order valence-electron chi connectivity index (χ0n) is 19.3. The number of hydrogen-bond acceptors (Lipinski definition) is 2. The van der Waals surface area contributed by atoms with Crippen molar-refractivity contribution in [2.45, 2.75) is 25.1 Å². The average Bonchev–Trinajstić information content (AvgIpc) is 3.49. The molecule has 0 aliphatic carbocycles. The minimum atomic E-state index is -4.34. The van der Waals surface area contributed by atoms with Crippen molar-refractivity contribution in [2.24, 2.45) is 0 Å². The van der Waals surface area contributed by atoms with Gasteiger partial charge in [-0.25, -0.2) is 0 Å². The van der Waals surface area contributed by atoms with E-state index in [0.717, 1.165) is 40.6 Å². The molecule has 1 unspecified atom stereocenters. The second-order valence-electron chi connectivity index (χ2n) is 8.89. The van der Waals surface area contributed by atoms with Gasteiger partial charge in [-0.3, -0.25) is 4.79 Å². The lowest BCUT2D eigenvalue weighted by Gasteiger charge is -2.17. The highest BCUT2D eigenvalue weighted by atomic mass is 19.4. The third-order valence-corrected chi connectivity index (χ3v) is 6.69. The Morgan fingerprint density at radius 2 is 1.80 bits per heavy atom. The second kappa shape index (κ2) is 9.13. The van der Waals surface area contributed by atoms with Crippen LogP contribution in [0.3, 0.4) is 0 Å². The fourth-order valence-corrected chi connectivity index (χ4v) is 4.86. The minimum Gasteiger partial charge on any atom is -0.497 e. The fraction of sp³-hybridized carbons (Fsp3) is 0.250. The molecule has 2 heterocycles. The third kappa shape index (κ3) is 4.63. The van der Waals surface area contributed by atoms with E-state index >= 15 is 0 Å². The van der Waals surface area contributed by atoms with Crippen molar-refractivity contribution in [1.29, 1.82) is 0 Å². The van der Waals surface area contributed by atoms with Gasteiger partial charge in [-0.15, -0.1) is 0 Å². The van der Waals surface area contributed by atoms with Crippen molar-refractivity contribution in [2.75, 3.05) is 20.2 Å². The lowest BCUT2D eigenvalue weighted by Crippen LogP contribution is -2.28. The molecular formula is C28H25F3N2O2. The number of amides is 1. The van der Waals surface area contributed by atoms with Crippen LogP contribution >= 0.6 is 0 Å². The number of methoxy groups -OCH3 is 1. The maximum absolute atomic E-state index is 13.1. The topological polar surface area (TPSA) is 34.5 Å². The molecule has 1 aliphatic rings. The van der Waals surface area contributed by atoms with Crippen molar-refractivity contribution < 1.29 is 22.7 Å². The van der Waals surface area contributed by atoms with Crippen LogP contribution in [0.25, 0.3) is 10.9 Å². The zero-order chi connectivity index (χ0) is 24.6. The first-order valence-electron chi connectivity index (χ1n) is 11.5. The minimum absolute atomic E-state index is 0.0140. The first-order chi connectivity index (χ1) is 16.8. The van der Waals surface area contributed by atoms with Gasteiger partial charge in [0.15, 0.2) is 0 Å². The van der Waals surface area contributed by atoms with Crippen LogP contribution in [0.2, 0.25) is 0 Å². The summed E-state index contributed by atoms with van der Waals surface area (Å²) in [5.74, 6) is 0.820. The van der Waals surface area contributed by atoms with E-state index in [0.29, 0.717) is 30.9 Å². The number of aromatic nitrogens is 1. The van der Waals surface area contributed by atoms with Crippen molar-refractivity contribution in [1.82, 2.24) is 9.47 Å². The van der Waals surface area contributed by atoms with E-state index in [1.807, 2.05) is 35.2 Å². The van der Waals surface area contributed by atoms with E-state index < -0.39 is 11.7 Å². The number of halogens is 3. The molecule has 0 N–H and O–H groups in total. The van der Waals surface area contributed by atoms with Gasteiger partial charge in [0.2, 0.25) is 0 Å². The summed E-state index contributed by atoms with van der Waals surface area (Å²) in [4.78, 5) is 15.0. The Bertz CT molecular complexity index is 1360. The van der Waals surface area contributed by atoms with Crippen LogP contribution < -0.4 is 4.74 Å². The quantitative estimate of drug-likeness (QED) is 0.335. The van der Waals surface area contributed by atoms with Crippen molar-refractivity contribution >= 4 is 16.8 Å². The Hall–Kier alpha value is -3.74. The SMILES string of the molecule is COc1cccc(C(=O)N2CCC(c3cn(Cc4ccc(C(F)(F)F)cc4)c4ccccc34)C2)c1. The molecule has 4 aromatic rings. The van der Waals surface area contributed by atoms with Crippen molar-refractivity contribution in [3.05, 3.63) is 101 Å². The van der Waals surface area contributed by atoms with Crippen LogP contribution in [0.1, 0.15) is 39.4 Å². The summed E-state index contributed by atoms with van der Waals surface area (Å²) in [6, 6.07) is 20.5. The summed E-state index contributed by atoms with van der Waals surface area (Å²) in [7, 11) is 1.58. The number of hydrogen-bond donors (Lipinski definition) is 0. The highest BCUT2D eigenvalue weighted by Crippen LogP contribution is 2.35. The molecule has 1 saturated heterocycles. The van der Waals surface area contributed by atoms with Crippen LogP contribution in [0, 0.1) is 0 Å². The third-order valence-electron chi connectivity index (χ3n) is 6.69. The first kappa shape index (κ1) is 23.0. The number of fused-ring (bicyclic) bond motifs is 1. The molecule has 3 aromatic carbocycles. The zero-order valence-corrected chi connectivity index (χ0v) is 19.3. The van der Waals surface area contributed by atoms with Gasteiger partial charge in [0.05, 0.1) is 12.7 Å². The van der Waals surface area contributed by atoms with E-state index in [9.17, 15) is 18.0 Å². The number of carbonyl (C=O) groups excluding carboxylic acids is 1. The Morgan fingerprint density at radius 3 is 2.54 bits per heavy atom. The largest absolute Gasteiger partial charge is 0.497 e. The fourth-order valence-electron chi connectivity index (χ4n) is 4.86. The Kier molecular flexibility index (Phi) is 6.01. The molecule has 180 valence electrons. The lowest BCUT2D eigenvalue weighted by atomic mass is 9.98. The number of nitrogens with zero attached hydrogens (tertiary/aromatic N) is 2. The van der Waals surface area contributed by atoms with Gasteiger partial charge in [0.25, 0.3) is 5.91 Å². The summed E-state index contributed by atoms with van der Waals surface area (Å²) < 4.78 is 46.1. The maximum Gasteiger partial charge on any atom is 0.416 e. The number of ether oxygens (including phenoxy) is 1. The molecule has 1 aromatic heterocycles. The van der Waals surface area contributed by atoms with Crippen LogP contribution in [-0.4, -0.2) is 35.6 Å². The maximum atomic E-state index is 13.1. The van der Waals surface area contributed by atoms with E-state index in [1.165, 1.54) is 12.1 Å². The molecule has 0 spiro atoms. The summed E-state index contributed by atoms with van der Waals surface area (Å²) in [6.45, 7) is 1.75. The summed E-state index contributed by atoms with van der Waals surface area (Å²) in [5.41, 5.74) is 2.95. The van der Waals surface area contributed by atoms with Gasteiger partial charge in [-0.2, -0.15) is 13.2 Å². The van der Waals surface area contributed by atoms with Crippen molar-refractivity contribution in [3.63, 3.8) is 0 Å². The van der Waals surface area contributed by atoms with Crippen LogP contribution in [-0.2, 0) is 12.7 Å². The Morgan fingerprint density at radius 1 is 1.03 bits per heavy atom. The monoisotopic (exact) mass is 478 g/mol. The lowest BCUT2D eigenvalue weighted by molar-refractivity contribution is -0.137. The van der Waals surface area contributed by atoms with Crippen molar-refractivity contribution in [3.8, 4) is 5.75 Å². The normalized spacial score (nSPS) is 16.1. The number of likely N-dealkylation sites (tertiary alicyclic amines) is 1. The van der Waals surface area contributed by atoms with E-state index in [2.05, 4.69) is 16.8 Å². The Balaban J connectivity index is 1.38. The molecule has 35 heavy (non-hydrogen) atoms. The number of carbonyl (C=O) groups is 1. The number of alkyl halides is 3. The molecule has 1 amide bonds. The van der Waals surface area contributed by atoms with Crippen LogP contribution in [0.4, 0.5) is 13.2 Å². The molecule has 0 saturated carbocycles. The second-order valence-corrected chi connectivity index (χ2v) is 8.89. The molecule has 1 aliphatic heterocycles. The number of rotatable bonds is 5. The molecule has 0 bridgehead atoms. The van der Waals surface area contributed by atoms with Gasteiger partial charge < -0.3 is 14.2 Å². The standard InChI is InChI=1S/C28H25F3N2O2/c1-35-23-6-4-5-20(15-23)27(34)32-14-13-21(17-32)25-18-33(26-8-3-2-7-24(25)26)16-19-9-11-22(12-10-19)28(29,30)31/h2-12,15,18,21H,13-14,16-17H2,1H3. The van der Waals surface area contributed by atoms with Crippen LogP contribution in [0.15, 0.2) is 79.0 Å². The molecule has 1 atom stereocenters. The summed E-state index contributed by atoms with van der Waals surface area (Å²) in [6.07, 6.45) is -1.40. The van der Waals surface area contributed by atoms with Crippen LogP contribution in [0.5, 0.6) is 5.75 Å². The highest BCUT2D eigenvalue weighted by Gasteiger charge is 2.31. The predicted molar refractivity (Wildman–Crippen MR) is 129 cm³/mol. The van der Waals surface area contributed by atoms with Gasteiger partial charge in [0.1, 0.15) is 5.75 Å².